The first kappa shape index (κ1) is 17.3. The van der Waals surface area contributed by atoms with Gasteiger partial charge in [-0.3, -0.25) is 9.48 Å². The van der Waals surface area contributed by atoms with E-state index in [-0.39, 0.29) is 22.2 Å². The van der Waals surface area contributed by atoms with Gasteiger partial charge in [-0.1, -0.05) is 0 Å². The Bertz CT molecular complexity index is 935. The van der Waals surface area contributed by atoms with E-state index in [0.29, 0.717) is 11.3 Å². The third kappa shape index (κ3) is 3.93. The second kappa shape index (κ2) is 6.40. The molecule has 0 aliphatic rings. The third-order valence-electron chi connectivity index (χ3n) is 3.47. The average Bonchev–Trinajstić information content (AvgIpc) is 2.81. The zero-order valence-corrected chi connectivity index (χ0v) is 14.1. The van der Waals surface area contributed by atoms with Crippen LogP contribution < -0.4 is 5.32 Å². The molecule has 0 aliphatic heterocycles. The highest BCUT2D eigenvalue weighted by atomic mass is 32.2. The number of nitrogens with one attached hydrogen (secondary N) is 1. The van der Waals surface area contributed by atoms with E-state index in [4.69, 9.17) is 0 Å². The Morgan fingerprint density at radius 3 is 2.56 bits per heavy atom. The number of aromatic nitrogens is 3. The van der Waals surface area contributed by atoms with E-state index in [1.807, 2.05) is 6.92 Å². The van der Waals surface area contributed by atoms with Crippen molar-refractivity contribution in [2.45, 2.75) is 17.3 Å². The number of benzene rings is 1. The van der Waals surface area contributed by atoms with Crippen LogP contribution in [0.1, 0.15) is 16.1 Å². The third-order valence-corrected chi connectivity index (χ3v) is 4.21. The fourth-order valence-corrected chi connectivity index (χ4v) is 2.93. The topological polar surface area (TPSA) is 59.8 Å². The maximum absolute atomic E-state index is 12.3. The molecule has 0 aliphatic carbocycles. The smallest absolute Gasteiger partial charge is 0.321 e. The van der Waals surface area contributed by atoms with Crippen LogP contribution in [0.4, 0.5) is 18.9 Å². The van der Waals surface area contributed by atoms with Gasteiger partial charge in [0.1, 0.15) is 0 Å². The summed E-state index contributed by atoms with van der Waals surface area (Å²) >= 11 is -0.221. The number of hydrogen-bond acceptors (Lipinski definition) is 4. The van der Waals surface area contributed by atoms with Crippen molar-refractivity contribution >= 4 is 34.4 Å². The largest absolute Gasteiger partial charge is 0.446 e. The molecule has 0 spiro atoms. The van der Waals surface area contributed by atoms with Gasteiger partial charge in [-0.05, 0) is 49.0 Å². The van der Waals surface area contributed by atoms with Crippen LogP contribution in [0.15, 0.2) is 41.4 Å². The minimum Gasteiger partial charge on any atom is -0.321 e. The molecule has 3 rings (SSSR count). The van der Waals surface area contributed by atoms with Crippen molar-refractivity contribution in [1.82, 2.24) is 14.8 Å². The number of carbonyl (C=O) groups is 1. The molecule has 1 N–H and O–H groups in total. The first-order valence-corrected chi connectivity index (χ1v) is 8.01. The molecule has 130 valence electrons. The second-order valence-electron chi connectivity index (χ2n) is 5.33. The number of anilines is 1. The number of thioether (sulfide) groups is 1. The number of hydrogen-bond donors (Lipinski definition) is 1. The minimum absolute atomic E-state index is 0.0260. The predicted octanol–water partition coefficient (Wildman–Crippen LogP) is 4.14. The lowest BCUT2D eigenvalue weighted by atomic mass is 10.2. The SMILES string of the molecule is Cc1nn(C)c2ncc(NC(=O)c3ccc(SC(F)(F)F)cc3)cc12. The number of nitrogens with zero attached hydrogens (tertiary/aromatic N) is 3. The molecular formula is C16H13F3N4OS. The van der Waals surface area contributed by atoms with Crippen LogP contribution in [0.25, 0.3) is 11.0 Å². The minimum atomic E-state index is -4.35. The van der Waals surface area contributed by atoms with E-state index in [2.05, 4.69) is 15.4 Å². The number of alkyl halides is 3. The molecule has 0 saturated heterocycles. The molecule has 9 heteroatoms. The summed E-state index contributed by atoms with van der Waals surface area (Å²) < 4.78 is 38.6. The van der Waals surface area contributed by atoms with Gasteiger partial charge in [0.05, 0.1) is 17.6 Å². The summed E-state index contributed by atoms with van der Waals surface area (Å²) in [5.41, 5.74) is -2.12. The zero-order valence-electron chi connectivity index (χ0n) is 13.3. The molecular weight excluding hydrogens is 353 g/mol. The van der Waals surface area contributed by atoms with E-state index >= 15 is 0 Å². The fraction of sp³-hybridized carbons (Fsp3) is 0.188. The molecule has 5 nitrogen and oxygen atoms in total. The van der Waals surface area contributed by atoms with Gasteiger partial charge in [0.25, 0.3) is 5.91 Å². The lowest BCUT2D eigenvalue weighted by Gasteiger charge is -2.08. The van der Waals surface area contributed by atoms with Crippen molar-refractivity contribution in [3.05, 3.63) is 47.8 Å². The van der Waals surface area contributed by atoms with Gasteiger partial charge in [-0.25, -0.2) is 4.98 Å². The molecule has 2 heterocycles. The van der Waals surface area contributed by atoms with Crippen LogP contribution in [0.2, 0.25) is 0 Å². The second-order valence-corrected chi connectivity index (χ2v) is 6.47. The van der Waals surface area contributed by atoms with Gasteiger partial charge in [-0.2, -0.15) is 18.3 Å². The predicted molar refractivity (Wildman–Crippen MR) is 89.6 cm³/mol. The average molecular weight is 366 g/mol. The first-order chi connectivity index (χ1) is 11.7. The van der Waals surface area contributed by atoms with Gasteiger partial charge < -0.3 is 5.32 Å². The van der Waals surface area contributed by atoms with Crippen LogP contribution in [0, 0.1) is 6.92 Å². The summed E-state index contributed by atoms with van der Waals surface area (Å²) in [6, 6.07) is 6.99. The Kier molecular flexibility index (Phi) is 4.42. The van der Waals surface area contributed by atoms with Gasteiger partial charge in [0.2, 0.25) is 0 Å². The number of amides is 1. The highest BCUT2D eigenvalue weighted by Gasteiger charge is 2.29. The van der Waals surface area contributed by atoms with Gasteiger partial charge in [0, 0.05) is 22.9 Å². The van der Waals surface area contributed by atoms with Crippen LogP contribution >= 0.6 is 11.8 Å². The Balaban J connectivity index is 1.77. The normalized spacial score (nSPS) is 11.7. The summed E-state index contributed by atoms with van der Waals surface area (Å²) in [6.45, 7) is 1.84. The van der Waals surface area contributed by atoms with Crippen molar-refractivity contribution in [2.75, 3.05) is 5.32 Å². The Labute approximate surface area is 145 Å². The van der Waals surface area contributed by atoms with E-state index in [9.17, 15) is 18.0 Å². The highest BCUT2D eigenvalue weighted by Crippen LogP contribution is 2.36. The standard InChI is InChI=1S/C16H13F3N4OS/c1-9-13-7-11(8-20-14(13)23(2)22-9)21-15(24)10-3-5-12(6-4-10)25-16(17,18)19/h3-8H,1-2H3,(H,21,24). The number of fused-ring (bicyclic) bond motifs is 1. The van der Waals surface area contributed by atoms with Gasteiger partial charge >= 0.3 is 5.51 Å². The van der Waals surface area contributed by atoms with Gasteiger partial charge in [-0.15, -0.1) is 0 Å². The molecule has 3 aromatic rings. The van der Waals surface area contributed by atoms with Crippen molar-refractivity contribution in [3.8, 4) is 0 Å². The fourth-order valence-electron chi connectivity index (χ4n) is 2.39. The summed E-state index contributed by atoms with van der Waals surface area (Å²) in [6.07, 6.45) is 1.51. The van der Waals surface area contributed by atoms with Crippen molar-refractivity contribution < 1.29 is 18.0 Å². The van der Waals surface area contributed by atoms with Crippen molar-refractivity contribution in [2.24, 2.45) is 7.05 Å². The number of aryl methyl sites for hydroxylation is 2. The Hall–Kier alpha value is -2.55. The maximum atomic E-state index is 12.3. The highest BCUT2D eigenvalue weighted by molar-refractivity contribution is 8.00. The van der Waals surface area contributed by atoms with Crippen LogP contribution in [-0.4, -0.2) is 26.2 Å². The molecule has 25 heavy (non-hydrogen) atoms. The summed E-state index contributed by atoms with van der Waals surface area (Å²) in [5.74, 6) is -0.425. The molecule has 1 amide bonds. The van der Waals surface area contributed by atoms with E-state index in [1.54, 1.807) is 17.8 Å². The molecule has 0 fully saturated rings. The molecule has 2 aromatic heterocycles. The molecule has 0 saturated carbocycles. The van der Waals surface area contributed by atoms with Crippen molar-refractivity contribution in [3.63, 3.8) is 0 Å². The molecule has 0 atom stereocenters. The van der Waals surface area contributed by atoms with Crippen LogP contribution in [-0.2, 0) is 7.05 Å². The van der Waals surface area contributed by atoms with Crippen LogP contribution in [0.3, 0.4) is 0 Å². The van der Waals surface area contributed by atoms with Gasteiger partial charge in [0.15, 0.2) is 5.65 Å². The lowest BCUT2D eigenvalue weighted by molar-refractivity contribution is -0.0328. The summed E-state index contributed by atoms with van der Waals surface area (Å²) in [4.78, 5) is 16.5. The number of rotatable bonds is 3. The Morgan fingerprint density at radius 2 is 1.92 bits per heavy atom. The zero-order chi connectivity index (χ0) is 18.2. The van der Waals surface area contributed by atoms with E-state index < -0.39 is 11.4 Å². The van der Waals surface area contributed by atoms with Crippen molar-refractivity contribution in [1.29, 1.82) is 0 Å². The summed E-state index contributed by atoms with van der Waals surface area (Å²) in [7, 11) is 1.78. The van der Waals surface area contributed by atoms with Crippen LogP contribution in [0.5, 0.6) is 0 Å². The lowest BCUT2D eigenvalue weighted by Crippen LogP contribution is -2.12. The quantitative estimate of drug-likeness (QED) is 0.708. The number of halogens is 3. The molecule has 0 bridgehead atoms. The van der Waals surface area contributed by atoms with E-state index in [0.717, 1.165) is 11.1 Å². The molecule has 1 aromatic carbocycles. The van der Waals surface area contributed by atoms with E-state index in [1.165, 1.54) is 30.5 Å². The number of carbonyl (C=O) groups excluding carboxylic acids is 1. The maximum Gasteiger partial charge on any atom is 0.446 e. The monoisotopic (exact) mass is 366 g/mol. The molecule has 0 unspecified atom stereocenters. The Morgan fingerprint density at radius 1 is 1.24 bits per heavy atom. The molecule has 0 radical (unpaired) electrons. The first-order valence-electron chi connectivity index (χ1n) is 7.19. The number of pyridine rings is 1. The summed E-state index contributed by atoms with van der Waals surface area (Å²) in [5, 5.41) is 7.76.